The molecule has 2 aromatic carbocycles. The van der Waals surface area contributed by atoms with E-state index in [1.165, 1.54) is 0 Å². The summed E-state index contributed by atoms with van der Waals surface area (Å²) in [6.07, 6.45) is 1.10. The topological polar surface area (TPSA) is 65.7 Å². The summed E-state index contributed by atoms with van der Waals surface area (Å²) in [5.74, 6) is 0.244. The Morgan fingerprint density at radius 3 is 2.48 bits per heavy atom. The van der Waals surface area contributed by atoms with Crippen molar-refractivity contribution in [2.75, 3.05) is 0 Å². The van der Waals surface area contributed by atoms with Crippen molar-refractivity contribution < 1.29 is 18.7 Å². The van der Waals surface area contributed by atoms with E-state index >= 15 is 0 Å². The molecule has 1 aliphatic carbocycles. The second-order valence-corrected chi connectivity index (χ2v) is 8.69. The lowest BCUT2D eigenvalue weighted by molar-refractivity contribution is -0.150. The van der Waals surface area contributed by atoms with Crippen LogP contribution in [0.2, 0.25) is 0 Å². The number of esters is 1. The number of carbonyl (C=O) groups excluding carboxylic acids is 1. The number of carbonyl (C=O) groups is 1. The van der Waals surface area contributed by atoms with Crippen molar-refractivity contribution in [2.24, 2.45) is 5.41 Å². The van der Waals surface area contributed by atoms with Gasteiger partial charge in [0.15, 0.2) is 0 Å². The maximum Gasteiger partial charge on any atom is 0.344 e. The van der Waals surface area contributed by atoms with Crippen LogP contribution >= 0.6 is 0 Å². The Hall–Kier alpha value is -3.34. The fourth-order valence-electron chi connectivity index (χ4n) is 4.05. The van der Waals surface area contributed by atoms with Crippen LogP contribution in [0.25, 0.3) is 22.1 Å². The van der Waals surface area contributed by atoms with Crippen molar-refractivity contribution in [3.8, 4) is 16.9 Å². The SMILES string of the molecule is C=C(C)C(=O)OC1CCC(Oc2ccc3cc(-c4ccccc4)c(=O)oc3c2)C1(C)C. The number of rotatable bonds is 5. The summed E-state index contributed by atoms with van der Waals surface area (Å²) in [6, 6.07) is 16.8. The molecule has 0 radical (unpaired) electrons. The zero-order valence-electron chi connectivity index (χ0n) is 18.0. The van der Waals surface area contributed by atoms with E-state index in [1.807, 2.05) is 62.4 Å². The molecule has 0 spiro atoms. The Labute approximate surface area is 181 Å². The molecule has 1 aliphatic rings. The van der Waals surface area contributed by atoms with Gasteiger partial charge < -0.3 is 13.9 Å². The van der Waals surface area contributed by atoms with Crippen LogP contribution in [-0.2, 0) is 9.53 Å². The molecule has 2 unspecified atom stereocenters. The first-order chi connectivity index (χ1) is 14.8. The Bertz CT molecular complexity index is 1190. The van der Waals surface area contributed by atoms with Crippen molar-refractivity contribution in [2.45, 2.75) is 45.8 Å². The molecule has 4 rings (SSSR count). The predicted octanol–water partition coefficient (Wildman–Crippen LogP) is 5.52. The fraction of sp³-hybridized carbons (Fsp3) is 0.308. The summed E-state index contributed by atoms with van der Waals surface area (Å²) in [7, 11) is 0. The minimum Gasteiger partial charge on any atom is -0.490 e. The molecule has 1 saturated carbocycles. The highest BCUT2D eigenvalue weighted by molar-refractivity contribution is 5.87. The average molecular weight is 418 g/mol. The molecule has 0 amide bonds. The summed E-state index contributed by atoms with van der Waals surface area (Å²) in [4.78, 5) is 24.5. The van der Waals surface area contributed by atoms with E-state index in [9.17, 15) is 9.59 Å². The van der Waals surface area contributed by atoms with Crippen LogP contribution in [-0.4, -0.2) is 18.2 Å². The largest absolute Gasteiger partial charge is 0.490 e. The predicted molar refractivity (Wildman–Crippen MR) is 120 cm³/mol. The summed E-state index contributed by atoms with van der Waals surface area (Å²) < 4.78 is 17.5. The molecule has 0 saturated heterocycles. The number of ether oxygens (including phenoxy) is 2. The van der Waals surface area contributed by atoms with Gasteiger partial charge in [-0.25, -0.2) is 9.59 Å². The summed E-state index contributed by atoms with van der Waals surface area (Å²) >= 11 is 0. The number of benzene rings is 2. The zero-order valence-corrected chi connectivity index (χ0v) is 18.0. The highest BCUT2D eigenvalue weighted by Crippen LogP contribution is 2.42. The molecule has 1 aromatic heterocycles. The van der Waals surface area contributed by atoms with E-state index in [0.29, 0.717) is 22.5 Å². The first-order valence-corrected chi connectivity index (χ1v) is 10.4. The van der Waals surface area contributed by atoms with Gasteiger partial charge in [0.05, 0.1) is 5.56 Å². The molecule has 5 heteroatoms. The quantitative estimate of drug-likeness (QED) is 0.310. The van der Waals surface area contributed by atoms with Gasteiger partial charge in [-0.2, -0.15) is 0 Å². The van der Waals surface area contributed by atoms with Gasteiger partial charge in [-0.3, -0.25) is 0 Å². The fourth-order valence-corrected chi connectivity index (χ4v) is 4.05. The van der Waals surface area contributed by atoms with Gasteiger partial charge in [0, 0.05) is 22.4 Å². The summed E-state index contributed by atoms with van der Waals surface area (Å²) in [5.41, 5.74) is 1.46. The maximum atomic E-state index is 12.5. The third-order valence-electron chi connectivity index (χ3n) is 6.02. The van der Waals surface area contributed by atoms with Gasteiger partial charge in [0.25, 0.3) is 0 Å². The van der Waals surface area contributed by atoms with Crippen LogP contribution < -0.4 is 10.4 Å². The first-order valence-electron chi connectivity index (χ1n) is 10.4. The van der Waals surface area contributed by atoms with Crippen molar-refractivity contribution in [1.29, 1.82) is 0 Å². The Balaban J connectivity index is 1.56. The van der Waals surface area contributed by atoms with Crippen LogP contribution in [0.15, 0.2) is 76.0 Å². The number of fused-ring (bicyclic) bond motifs is 1. The average Bonchev–Trinajstić information content (AvgIpc) is 3.01. The van der Waals surface area contributed by atoms with Crippen LogP contribution in [0, 0.1) is 5.41 Å². The molecule has 0 N–H and O–H groups in total. The minimum atomic E-state index is -0.385. The lowest BCUT2D eigenvalue weighted by Crippen LogP contribution is -2.38. The molecule has 1 fully saturated rings. The lowest BCUT2D eigenvalue weighted by Gasteiger charge is -2.32. The smallest absolute Gasteiger partial charge is 0.344 e. The van der Waals surface area contributed by atoms with Crippen molar-refractivity contribution in [1.82, 2.24) is 0 Å². The standard InChI is InChI=1S/C26H26O5/c1-16(2)24(27)31-23-13-12-22(26(23,3)4)29-19-11-10-18-14-20(17-8-6-5-7-9-17)25(28)30-21(18)15-19/h5-11,14-15,22-23H,1,12-13H2,2-4H3. The molecule has 1 heterocycles. The van der Waals surface area contributed by atoms with Gasteiger partial charge in [0.1, 0.15) is 23.5 Å². The van der Waals surface area contributed by atoms with Crippen molar-refractivity contribution >= 4 is 16.9 Å². The molecule has 3 aromatic rings. The Kier molecular flexibility index (Phi) is 5.44. The van der Waals surface area contributed by atoms with E-state index in [0.717, 1.165) is 23.8 Å². The molecule has 2 atom stereocenters. The normalized spacial score (nSPS) is 19.8. The van der Waals surface area contributed by atoms with Crippen molar-refractivity contribution in [3.05, 3.63) is 77.2 Å². The van der Waals surface area contributed by atoms with E-state index in [1.54, 1.807) is 13.0 Å². The highest BCUT2D eigenvalue weighted by Gasteiger charge is 2.47. The lowest BCUT2D eigenvalue weighted by atomic mass is 9.86. The van der Waals surface area contributed by atoms with E-state index < -0.39 is 0 Å². The molecule has 160 valence electrons. The first kappa shape index (κ1) is 20.9. The van der Waals surface area contributed by atoms with Crippen LogP contribution in [0.4, 0.5) is 0 Å². The Morgan fingerprint density at radius 1 is 1.06 bits per heavy atom. The molecule has 0 aliphatic heterocycles. The van der Waals surface area contributed by atoms with E-state index in [4.69, 9.17) is 13.9 Å². The van der Waals surface area contributed by atoms with Crippen LogP contribution in [0.1, 0.15) is 33.6 Å². The molecule has 31 heavy (non-hydrogen) atoms. The monoisotopic (exact) mass is 418 g/mol. The second-order valence-electron chi connectivity index (χ2n) is 8.69. The van der Waals surface area contributed by atoms with Crippen molar-refractivity contribution in [3.63, 3.8) is 0 Å². The third kappa shape index (κ3) is 4.13. The molecule has 5 nitrogen and oxygen atoms in total. The van der Waals surface area contributed by atoms with Gasteiger partial charge in [0.2, 0.25) is 0 Å². The maximum absolute atomic E-state index is 12.5. The Morgan fingerprint density at radius 2 is 1.77 bits per heavy atom. The number of hydrogen-bond donors (Lipinski definition) is 0. The minimum absolute atomic E-state index is 0.136. The second kappa shape index (κ2) is 8.06. The van der Waals surface area contributed by atoms with Crippen LogP contribution in [0.5, 0.6) is 5.75 Å². The summed E-state index contributed by atoms with van der Waals surface area (Å²) in [5, 5.41) is 0.824. The third-order valence-corrected chi connectivity index (χ3v) is 6.02. The molecular formula is C26H26O5. The highest BCUT2D eigenvalue weighted by atomic mass is 16.6. The van der Waals surface area contributed by atoms with Gasteiger partial charge >= 0.3 is 11.6 Å². The molecule has 0 bridgehead atoms. The van der Waals surface area contributed by atoms with Gasteiger partial charge in [-0.1, -0.05) is 50.8 Å². The van der Waals surface area contributed by atoms with Gasteiger partial charge in [-0.15, -0.1) is 0 Å². The zero-order chi connectivity index (χ0) is 22.2. The van der Waals surface area contributed by atoms with E-state index in [2.05, 4.69) is 6.58 Å². The summed E-state index contributed by atoms with van der Waals surface area (Å²) in [6.45, 7) is 9.37. The van der Waals surface area contributed by atoms with Crippen LogP contribution in [0.3, 0.4) is 0 Å². The van der Waals surface area contributed by atoms with E-state index in [-0.39, 0.29) is 29.2 Å². The number of hydrogen-bond acceptors (Lipinski definition) is 5. The van der Waals surface area contributed by atoms with Gasteiger partial charge in [-0.05, 0) is 43.5 Å². The molecular weight excluding hydrogens is 392 g/mol.